The second kappa shape index (κ2) is 4.31. The zero-order chi connectivity index (χ0) is 12.5. The maximum Gasteiger partial charge on any atom is 0.100 e. The Bertz CT molecular complexity index is 728. The highest BCUT2D eigenvalue weighted by atomic mass is 35.5. The molecule has 0 bridgehead atoms. The molecule has 1 heterocycles. The van der Waals surface area contributed by atoms with E-state index in [1.165, 1.54) is 0 Å². The third kappa shape index (κ3) is 1.81. The van der Waals surface area contributed by atoms with Crippen LogP contribution in [-0.4, -0.2) is 9.55 Å². The van der Waals surface area contributed by atoms with Gasteiger partial charge in [0.1, 0.15) is 6.33 Å². The van der Waals surface area contributed by atoms with E-state index < -0.39 is 0 Å². The number of hydrogen-bond donors (Lipinski definition) is 0. The highest BCUT2D eigenvalue weighted by Crippen LogP contribution is 2.21. The first-order chi connectivity index (χ1) is 8.78. The maximum absolute atomic E-state index is 6.01. The van der Waals surface area contributed by atoms with Crippen molar-refractivity contribution in [3.8, 4) is 5.69 Å². The van der Waals surface area contributed by atoms with Gasteiger partial charge in [-0.1, -0.05) is 36.4 Å². The fourth-order valence-corrected chi connectivity index (χ4v) is 2.17. The monoisotopic (exact) mass is 254 g/mol. The van der Waals surface area contributed by atoms with Crippen molar-refractivity contribution in [2.75, 3.05) is 0 Å². The number of nitrogens with zero attached hydrogens (tertiary/aromatic N) is 2. The van der Waals surface area contributed by atoms with Crippen LogP contribution in [0.3, 0.4) is 0 Å². The number of aromatic nitrogens is 2. The lowest BCUT2D eigenvalue weighted by Crippen LogP contribution is -1.91. The lowest BCUT2D eigenvalue weighted by Gasteiger charge is -2.04. The molecular weight excluding hydrogens is 244 g/mol. The third-order valence-electron chi connectivity index (χ3n) is 2.89. The molecule has 0 unspecified atom stereocenters. The molecule has 0 amide bonds. The summed E-state index contributed by atoms with van der Waals surface area (Å²) in [6.07, 6.45) is 3.63. The molecule has 0 radical (unpaired) electrons. The normalized spacial score (nSPS) is 10.7. The molecule has 0 saturated heterocycles. The number of fused-ring (bicyclic) bond motifs is 1. The summed E-state index contributed by atoms with van der Waals surface area (Å²) >= 11 is 6.01. The second-order valence-corrected chi connectivity index (χ2v) is 4.48. The first-order valence-corrected chi connectivity index (χ1v) is 6.01. The summed E-state index contributed by atoms with van der Waals surface area (Å²) in [5.41, 5.74) is 4.09. The van der Waals surface area contributed by atoms with Gasteiger partial charge in [-0.15, -0.1) is 0 Å². The minimum Gasteiger partial charge on any atom is -0.299 e. The van der Waals surface area contributed by atoms with Crippen LogP contribution in [-0.2, 0) is 0 Å². The maximum atomic E-state index is 6.01. The highest BCUT2D eigenvalue weighted by Gasteiger charge is 2.04. The smallest absolute Gasteiger partial charge is 0.100 e. The summed E-state index contributed by atoms with van der Waals surface area (Å²) in [7, 11) is 0. The van der Waals surface area contributed by atoms with Crippen molar-refractivity contribution in [2.24, 2.45) is 0 Å². The van der Waals surface area contributed by atoms with E-state index in [0.29, 0.717) is 0 Å². The Morgan fingerprint density at radius 3 is 2.83 bits per heavy atom. The minimum atomic E-state index is 0.720. The van der Waals surface area contributed by atoms with Crippen molar-refractivity contribution >= 4 is 28.7 Å². The van der Waals surface area contributed by atoms with E-state index in [9.17, 15) is 0 Å². The van der Waals surface area contributed by atoms with E-state index in [2.05, 4.69) is 11.6 Å². The SMILES string of the molecule is C=Cc1ccc2c(c1)ncn2-c1cccc(Cl)c1. The lowest BCUT2D eigenvalue weighted by molar-refractivity contribution is 1.09. The van der Waals surface area contributed by atoms with E-state index in [1.54, 1.807) is 0 Å². The molecule has 0 fully saturated rings. The molecule has 2 nitrogen and oxygen atoms in total. The van der Waals surface area contributed by atoms with Gasteiger partial charge in [0.2, 0.25) is 0 Å². The first-order valence-electron chi connectivity index (χ1n) is 5.63. The average Bonchev–Trinajstić information content (AvgIpc) is 2.81. The predicted octanol–water partition coefficient (Wildman–Crippen LogP) is 4.32. The summed E-state index contributed by atoms with van der Waals surface area (Å²) in [6.45, 7) is 3.76. The zero-order valence-corrected chi connectivity index (χ0v) is 10.4. The summed E-state index contributed by atoms with van der Waals surface area (Å²) < 4.78 is 2.02. The van der Waals surface area contributed by atoms with Crippen LogP contribution < -0.4 is 0 Å². The standard InChI is InChI=1S/C15H11ClN2/c1-2-11-6-7-15-14(8-11)17-10-18(15)13-5-3-4-12(16)9-13/h2-10H,1H2. The van der Waals surface area contributed by atoms with E-state index >= 15 is 0 Å². The van der Waals surface area contributed by atoms with Crippen molar-refractivity contribution in [3.05, 3.63) is 66.0 Å². The number of hydrogen-bond acceptors (Lipinski definition) is 1. The molecule has 3 heteroatoms. The van der Waals surface area contributed by atoms with Crippen molar-refractivity contribution in [3.63, 3.8) is 0 Å². The Hall–Kier alpha value is -2.06. The average molecular weight is 255 g/mol. The summed E-state index contributed by atoms with van der Waals surface area (Å²) in [4.78, 5) is 4.41. The molecular formula is C15H11ClN2. The Kier molecular flexibility index (Phi) is 2.65. The topological polar surface area (TPSA) is 17.8 Å². The quantitative estimate of drug-likeness (QED) is 0.666. The van der Waals surface area contributed by atoms with E-state index in [0.717, 1.165) is 27.3 Å². The molecule has 0 aliphatic rings. The van der Waals surface area contributed by atoms with Gasteiger partial charge in [0, 0.05) is 10.7 Å². The molecule has 0 aliphatic carbocycles. The first kappa shape index (κ1) is 11.1. The van der Waals surface area contributed by atoms with Crippen LogP contribution in [0.2, 0.25) is 5.02 Å². The molecule has 1 aromatic heterocycles. The van der Waals surface area contributed by atoms with Crippen molar-refractivity contribution < 1.29 is 0 Å². The van der Waals surface area contributed by atoms with Gasteiger partial charge in [-0.3, -0.25) is 4.57 Å². The van der Waals surface area contributed by atoms with E-state index in [1.807, 2.05) is 59.4 Å². The summed E-state index contributed by atoms with van der Waals surface area (Å²) in [6, 6.07) is 13.8. The molecule has 3 aromatic rings. The molecule has 0 aliphatic heterocycles. The molecule has 3 rings (SSSR count). The van der Waals surface area contributed by atoms with Crippen LogP contribution in [0.25, 0.3) is 22.8 Å². The zero-order valence-electron chi connectivity index (χ0n) is 9.68. The van der Waals surface area contributed by atoms with Gasteiger partial charge >= 0.3 is 0 Å². The largest absolute Gasteiger partial charge is 0.299 e. The van der Waals surface area contributed by atoms with Crippen LogP contribution >= 0.6 is 11.6 Å². The van der Waals surface area contributed by atoms with Gasteiger partial charge in [-0.05, 0) is 35.9 Å². The Morgan fingerprint density at radius 1 is 1.17 bits per heavy atom. The number of benzene rings is 2. The van der Waals surface area contributed by atoms with Crippen LogP contribution in [0.5, 0.6) is 0 Å². The Balaban J connectivity index is 2.21. The van der Waals surface area contributed by atoms with Crippen LogP contribution in [0.4, 0.5) is 0 Å². The number of imidazole rings is 1. The molecule has 0 N–H and O–H groups in total. The highest BCUT2D eigenvalue weighted by molar-refractivity contribution is 6.30. The van der Waals surface area contributed by atoms with Gasteiger partial charge in [0.25, 0.3) is 0 Å². The van der Waals surface area contributed by atoms with Crippen molar-refractivity contribution in [2.45, 2.75) is 0 Å². The third-order valence-corrected chi connectivity index (χ3v) is 3.13. The Morgan fingerprint density at radius 2 is 2.06 bits per heavy atom. The number of rotatable bonds is 2. The molecule has 0 atom stereocenters. The predicted molar refractivity (Wildman–Crippen MR) is 76.2 cm³/mol. The molecule has 2 aromatic carbocycles. The molecule has 88 valence electrons. The van der Waals surface area contributed by atoms with Gasteiger partial charge in [0.05, 0.1) is 11.0 Å². The molecule has 0 saturated carbocycles. The fraction of sp³-hybridized carbons (Fsp3) is 0. The van der Waals surface area contributed by atoms with Crippen molar-refractivity contribution in [1.29, 1.82) is 0 Å². The fourth-order valence-electron chi connectivity index (χ4n) is 1.99. The van der Waals surface area contributed by atoms with Crippen LogP contribution in [0, 0.1) is 0 Å². The van der Waals surface area contributed by atoms with E-state index in [4.69, 9.17) is 11.6 Å². The van der Waals surface area contributed by atoms with Gasteiger partial charge in [-0.2, -0.15) is 0 Å². The minimum absolute atomic E-state index is 0.720. The van der Waals surface area contributed by atoms with Gasteiger partial charge < -0.3 is 0 Å². The van der Waals surface area contributed by atoms with E-state index in [-0.39, 0.29) is 0 Å². The second-order valence-electron chi connectivity index (χ2n) is 4.05. The van der Waals surface area contributed by atoms with Crippen molar-refractivity contribution in [1.82, 2.24) is 9.55 Å². The molecule has 0 spiro atoms. The molecule has 18 heavy (non-hydrogen) atoms. The van der Waals surface area contributed by atoms with Crippen LogP contribution in [0.1, 0.15) is 5.56 Å². The summed E-state index contributed by atoms with van der Waals surface area (Å²) in [5, 5.41) is 0.720. The summed E-state index contributed by atoms with van der Waals surface area (Å²) in [5.74, 6) is 0. The van der Waals surface area contributed by atoms with Gasteiger partial charge in [0.15, 0.2) is 0 Å². The van der Waals surface area contributed by atoms with Crippen LogP contribution in [0.15, 0.2) is 55.4 Å². The lowest BCUT2D eigenvalue weighted by atomic mass is 10.2. The Labute approximate surface area is 110 Å². The van der Waals surface area contributed by atoms with Gasteiger partial charge in [-0.25, -0.2) is 4.98 Å². The number of halogens is 1.